The summed E-state index contributed by atoms with van der Waals surface area (Å²) in [5, 5.41) is 3.12. The molecule has 25 heavy (non-hydrogen) atoms. The van der Waals surface area contributed by atoms with Crippen molar-refractivity contribution in [2.24, 2.45) is 11.8 Å². The van der Waals surface area contributed by atoms with E-state index in [9.17, 15) is 13.2 Å². The zero-order chi connectivity index (χ0) is 18.4. The van der Waals surface area contributed by atoms with Crippen LogP contribution in [0.25, 0.3) is 0 Å². The van der Waals surface area contributed by atoms with Gasteiger partial charge in [0, 0.05) is 6.04 Å². The summed E-state index contributed by atoms with van der Waals surface area (Å²) in [7, 11) is -3.57. The van der Waals surface area contributed by atoms with Gasteiger partial charge in [-0.2, -0.15) is 0 Å². The number of hydrogen-bond acceptors (Lipinski definition) is 3. The van der Waals surface area contributed by atoms with Crippen molar-refractivity contribution in [3.8, 4) is 0 Å². The first-order chi connectivity index (χ1) is 11.6. The molecule has 2 saturated carbocycles. The fourth-order valence-corrected chi connectivity index (χ4v) is 5.77. The summed E-state index contributed by atoms with van der Waals surface area (Å²) in [5.41, 5.74) is 2.50. The van der Waals surface area contributed by atoms with Gasteiger partial charge in [0.1, 0.15) is 6.04 Å². The number of sulfonamides is 1. The first kappa shape index (κ1) is 18.2. The van der Waals surface area contributed by atoms with Crippen LogP contribution < -0.4 is 9.62 Å². The average Bonchev–Trinajstić information content (AvgIpc) is 3.07. The van der Waals surface area contributed by atoms with Gasteiger partial charge in [-0.15, -0.1) is 0 Å². The van der Waals surface area contributed by atoms with Crippen molar-refractivity contribution in [2.75, 3.05) is 10.6 Å². The van der Waals surface area contributed by atoms with Crippen molar-refractivity contribution in [3.63, 3.8) is 0 Å². The molecule has 0 aliphatic heterocycles. The summed E-state index contributed by atoms with van der Waals surface area (Å²) in [6.07, 6.45) is 5.84. The molecule has 3 rings (SSSR count). The van der Waals surface area contributed by atoms with E-state index in [1.807, 2.05) is 32.0 Å². The number of amides is 1. The number of fused-ring (bicyclic) bond motifs is 2. The van der Waals surface area contributed by atoms with Crippen molar-refractivity contribution in [2.45, 2.75) is 58.5 Å². The van der Waals surface area contributed by atoms with E-state index in [1.165, 1.54) is 23.6 Å². The first-order valence-electron chi connectivity index (χ1n) is 9.03. The molecule has 2 aliphatic rings. The molecule has 0 heterocycles. The minimum absolute atomic E-state index is 0.203. The zero-order valence-corrected chi connectivity index (χ0v) is 16.3. The van der Waals surface area contributed by atoms with E-state index in [-0.39, 0.29) is 11.9 Å². The Morgan fingerprint density at radius 1 is 1.16 bits per heavy atom. The Bertz CT molecular complexity index is 755. The minimum Gasteiger partial charge on any atom is -0.351 e. The Balaban J connectivity index is 1.82. The van der Waals surface area contributed by atoms with E-state index in [4.69, 9.17) is 0 Å². The zero-order valence-electron chi connectivity index (χ0n) is 15.5. The highest BCUT2D eigenvalue weighted by atomic mass is 32.2. The number of rotatable bonds is 5. The second kappa shape index (κ2) is 6.63. The Morgan fingerprint density at radius 3 is 2.28 bits per heavy atom. The van der Waals surface area contributed by atoms with Gasteiger partial charge in [-0.05, 0) is 75.1 Å². The molecule has 5 nitrogen and oxygen atoms in total. The highest BCUT2D eigenvalue weighted by Crippen LogP contribution is 2.44. The predicted molar refractivity (Wildman–Crippen MR) is 100 cm³/mol. The molecule has 0 radical (unpaired) electrons. The summed E-state index contributed by atoms with van der Waals surface area (Å²) in [6, 6.07) is 5.05. The van der Waals surface area contributed by atoms with E-state index in [0.29, 0.717) is 11.6 Å². The highest BCUT2D eigenvalue weighted by molar-refractivity contribution is 7.92. The molecule has 0 aromatic heterocycles. The van der Waals surface area contributed by atoms with Crippen LogP contribution in [0.4, 0.5) is 5.69 Å². The maximum absolute atomic E-state index is 12.8. The summed E-state index contributed by atoms with van der Waals surface area (Å²) < 4.78 is 26.1. The third-order valence-electron chi connectivity index (χ3n) is 5.62. The molecule has 0 unspecified atom stereocenters. The smallest absolute Gasteiger partial charge is 0.243 e. The van der Waals surface area contributed by atoms with Crippen LogP contribution in [0.1, 0.15) is 43.7 Å². The molecule has 138 valence electrons. The van der Waals surface area contributed by atoms with Gasteiger partial charge >= 0.3 is 0 Å². The van der Waals surface area contributed by atoms with Crippen LogP contribution in [0.3, 0.4) is 0 Å². The largest absolute Gasteiger partial charge is 0.351 e. The van der Waals surface area contributed by atoms with Crippen molar-refractivity contribution >= 4 is 21.6 Å². The molecular weight excluding hydrogens is 336 g/mol. The number of benzene rings is 1. The lowest BCUT2D eigenvalue weighted by Gasteiger charge is -2.31. The number of hydrogen-bond donors (Lipinski definition) is 1. The maximum atomic E-state index is 12.8. The van der Waals surface area contributed by atoms with Crippen LogP contribution in [0.15, 0.2) is 18.2 Å². The fraction of sp³-hybridized carbons (Fsp3) is 0.632. The number of carbonyl (C=O) groups is 1. The molecule has 0 spiro atoms. The summed E-state index contributed by atoms with van der Waals surface area (Å²) in [4.78, 5) is 12.8. The summed E-state index contributed by atoms with van der Waals surface area (Å²) in [5.74, 6) is 1.09. The Labute approximate surface area is 150 Å². The average molecular weight is 365 g/mol. The number of aryl methyl sites for hydroxylation is 2. The van der Waals surface area contributed by atoms with Crippen LogP contribution >= 0.6 is 0 Å². The van der Waals surface area contributed by atoms with Crippen molar-refractivity contribution in [1.29, 1.82) is 0 Å². The summed E-state index contributed by atoms with van der Waals surface area (Å²) >= 11 is 0. The van der Waals surface area contributed by atoms with Gasteiger partial charge < -0.3 is 5.32 Å². The maximum Gasteiger partial charge on any atom is 0.243 e. The molecule has 4 atom stereocenters. The lowest BCUT2D eigenvalue weighted by molar-refractivity contribution is -0.122. The molecule has 2 fully saturated rings. The van der Waals surface area contributed by atoms with Gasteiger partial charge in [0.25, 0.3) is 0 Å². The number of anilines is 1. The summed E-state index contributed by atoms with van der Waals surface area (Å²) in [6.45, 7) is 5.52. The predicted octanol–water partition coefficient (Wildman–Crippen LogP) is 2.76. The second-order valence-corrected chi connectivity index (χ2v) is 9.73. The first-order valence-corrected chi connectivity index (χ1v) is 10.9. The van der Waals surface area contributed by atoms with Crippen LogP contribution in [-0.2, 0) is 14.8 Å². The second-order valence-electron chi connectivity index (χ2n) is 7.87. The number of nitrogens with one attached hydrogen (secondary N) is 1. The lowest BCUT2D eigenvalue weighted by atomic mass is 9.95. The highest BCUT2D eigenvalue weighted by Gasteiger charge is 2.41. The van der Waals surface area contributed by atoms with Crippen LogP contribution in [0, 0.1) is 25.7 Å². The minimum atomic E-state index is -3.57. The SMILES string of the molecule is Cc1cc(C)cc(N([C@@H](C)C(=O)N[C@H]2C[C@H]3CC[C@H]2C3)S(C)(=O)=O)c1. The van der Waals surface area contributed by atoms with E-state index in [2.05, 4.69) is 5.32 Å². The van der Waals surface area contributed by atoms with Crippen LogP contribution in [0.5, 0.6) is 0 Å². The lowest BCUT2D eigenvalue weighted by Crippen LogP contribution is -2.51. The van der Waals surface area contributed by atoms with Gasteiger partial charge in [-0.25, -0.2) is 8.42 Å². The Hall–Kier alpha value is -1.56. The molecule has 6 heteroatoms. The van der Waals surface area contributed by atoms with E-state index in [1.54, 1.807) is 6.92 Å². The quantitative estimate of drug-likeness (QED) is 0.874. The Kier molecular flexibility index (Phi) is 4.84. The third-order valence-corrected chi connectivity index (χ3v) is 6.86. The molecule has 1 aromatic rings. The normalized spacial score (nSPS) is 26.5. The van der Waals surface area contributed by atoms with Crippen LogP contribution in [0.2, 0.25) is 0 Å². The van der Waals surface area contributed by atoms with Gasteiger partial charge in [0.2, 0.25) is 15.9 Å². The standard InChI is InChI=1S/C19H28N2O3S/c1-12-7-13(2)9-17(8-12)21(25(4,23)24)14(3)19(22)20-18-11-15-5-6-16(18)10-15/h7-9,14-16,18H,5-6,10-11H2,1-4H3,(H,20,22)/t14-,15-,16-,18-/m0/s1. The van der Waals surface area contributed by atoms with Gasteiger partial charge in [-0.3, -0.25) is 9.10 Å². The van der Waals surface area contributed by atoms with E-state index < -0.39 is 16.1 Å². The van der Waals surface area contributed by atoms with Gasteiger partial charge in [0.15, 0.2) is 0 Å². The van der Waals surface area contributed by atoms with Crippen molar-refractivity contribution < 1.29 is 13.2 Å². The molecule has 2 bridgehead atoms. The van der Waals surface area contributed by atoms with Gasteiger partial charge in [-0.1, -0.05) is 12.5 Å². The topological polar surface area (TPSA) is 66.5 Å². The van der Waals surface area contributed by atoms with E-state index >= 15 is 0 Å². The fourth-order valence-electron chi connectivity index (χ4n) is 4.61. The molecule has 2 aliphatic carbocycles. The molecule has 1 amide bonds. The molecule has 1 aromatic carbocycles. The Morgan fingerprint density at radius 2 is 1.80 bits per heavy atom. The van der Waals surface area contributed by atoms with E-state index in [0.717, 1.165) is 29.7 Å². The molecular formula is C19H28N2O3S. The number of nitrogens with zero attached hydrogens (tertiary/aromatic N) is 1. The third kappa shape index (κ3) is 3.84. The van der Waals surface area contributed by atoms with Crippen LogP contribution in [-0.4, -0.2) is 32.7 Å². The molecule has 1 N–H and O–H groups in total. The molecule has 0 saturated heterocycles. The number of carbonyl (C=O) groups excluding carboxylic acids is 1. The monoisotopic (exact) mass is 364 g/mol. The van der Waals surface area contributed by atoms with Crippen molar-refractivity contribution in [1.82, 2.24) is 5.32 Å². The van der Waals surface area contributed by atoms with Gasteiger partial charge in [0.05, 0.1) is 11.9 Å². The van der Waals surface area contributed by atoms with Crippen molar-refractivity contribution in [3.05, 3.63) is 29.3 Å².